The molecule has 2 N–H and O–H groups in total. The third-order valence-corrected chi connectivity index (χ3v) is 4.28. The predicted octanol–water partition coefficient (Wildman–Crippen LogP) is 4.01. The molecule has 0 aliphatic rings. The molecule has 6 nitrogen and oxygen atoms in total. The Morgan fingerprint density at radius 2 is 1.78 bits per heavy atom. The van der Waals surface area contributed by atoms with Crippen LogP contribution in [-0.2, 0) is 6.54 Å². The molecular formula is C21H23N5O. The summed E-state index contributed by atoms with van der Waals surface area (Å²) in [6.07, 6.45) is 1.63. The predicted molar refractivity (Wildman–Crippen MR) is 108 cm³/mol. The van der Waals surface area contributed by atoms with Crippen molar-refractivity contribution in [2.45, 2.75) is 27.3 Å². The highest BCUT2D eigenvalue weighted by Gasteiger charge is 2.10. The van der Waals surface area contributed by atoms with Crippen LogP contribution in [0.25, 0.3) is 0 Å². The van der Waals surface area contributed by atoms with Crippen molar-refractivity contribution in [2.75, 3.05) is 5.32 Å². The molecule has 3 rings (SSSR count). The Morgan fingerprint density at radius 3 is 2.48 bits per heavy atom. The van der Waals surface area contributed by atoms with Gasteiger partial charge in [0.15, 0.2) is 0 Å². The van der Waals surface area contributed by atoms with Crippen molar-refractivity contribution in [3.05, 3.63) is 82.7 Å². The van der Waals surface area contributed by atoms with E-state index in [1.54, 1.807) is 6.21 Å². The van der Waals surface area contributed by atoms with Gasteiger partial charge in [-0.05, 0) is 38.5 Å². The Kier molecular flexibility index (Phi) is 5.66. The van der Waals surface area contributed by atoms with E-state index in [1.165, 1.54) is 11.1 Å². The van der Waals surface area contributed by atoms with Gasteiger partial charge in [-0.1, -0.05) is 48.0 Å². The third-order valence-electron chi connectivity index (χ3n) is 4.28. The van der Waals surface area contributed by atoms with E-state index in [2.05, 4.69) is 52.1 Å². The molecule has 1 aromatic heterocycles. The molecule has 0 aliphatic heterocycles. The van der Waals surface area contributed by atoms with Crippen LogP contribution in [0, 0.1) is 20.8 Å². The van der Waals surface area contributed by atoms with Crippen LogP contribution < -0.4 is 10.7 Å². The number of aromatic nitrogens is 2. The monoisotopic (exact) mass is 361 g/mol. The Labute approximate surface area is 158 Å². The highest BCUT2D eigenvalue weighted by molar-refractivity contribution is 5.90. The van der Waals surface area contributed by atoms with Gasteiger partial charge in [0.2, 0.25) is 0 Å². The molecule has 1 heterocycles. The van der Waals surface area contributed by atoms with Crippen molar-refractivity contribution < 1.29 is 4.79 Å². The second kappa shape index (κ2) is 8.31. The number of aryl methyl sites for hydroxylation is 2. The zero-order chi connectivity index (χ0) is 19.2. The van der Waals surface area contributed by atoms with Crippen molar-refractivity contribution in [2.24, 2.45) is 5.10 Å². The van der Waals surface area contributed by atoms with Crippen molar-refractivity contribution in [3.8, 4) is 0 Å². The maximum atomic E-state index is 11.9. The Balaban J connectivity index is 1.64. The molecule has 0 unspecified atom stereocenters. The Bertz CT molecular complexity index is 943. The molecule has 0 bridgehead atoms. The minimum atomic E-state index is -0.389. The van der Waals surface area contributed by atoms with Gasteiger partial charge in [0.1, 0.15) is 0 Å². The molecule has 0 aliphatic carbocycles. The molecule has 0 saturated heterocycles. The number of hydrogen-bond donors (Lipinski definition) is 2. The van der Waals surface area contributed by atoms with Gasteiger partial charge in [-0.25, -0.2) is 10.2 Å². The summed E-state index contributed by atoms with van der Waals surface area (Å²) in [5, 5.41) is 11.4. The standard InChI is InChI=1S/C21H23N5O/c1-15-9-11-18(12-10-15)14-26-17(3)20(16(2)25-26)13-22-24-21(27)23-19-7-5-4-6-8-19/h4-13H,14H2,1-3H3,(H2,23,24,27)/b22-13-. The van der Waals surface area contributed by atoms with E-state index in [0.717, 1.165) is 17.0 Å². The lowest BCUT2D eigenvalue weighted by Crippen LogP contribution is -2.24. The summed E-state index contributed by atoms with van der Waals surface area (Å²) in [6, 6.07) is 17.2. The van der Waals surface area contributed by atoms with Crippen molar-refractivity contribution in [1.29, 1.82) is 0 Å². The number of rotatable bonds is 5. The summed E-state index contributed by atoms with van der Waals surface area (Å²) < 4.78 is 1.95. The number of hydrazone groups is 1. The Morgan fingerprint density at radius 1 is 1.07 bits per heavy atom. The molecule has 0 atom stereocenters. The zero-order valence-electron chi connectivity index (χ0n) is 15.7. The van der Waals surface area contributed by atoms with Crippen molar-refractivity contribution in [1.82, 2.24) is 15.2 Å². The maximum Gasteiger partial charge on any atom is 0.339 e. The van der Waals surface area contributed by atoms with E-state index in [1.807, 2.05) is 48.9 Å². The van der Waals surface area contributed by atoms with E-state index in [9.17, 15) is 4.79 Å². The minimum Gasteiger partial charge on any atom is -0.307 e. The van der Waals surface area contributed by atoms with Crippen LogP contribution in [0.4, 0.5) is 10.5 Å². The van der Waals surface area contributed by atoms with Gasteiger partial charge in [-0.2, -0.15) is 10.2 Å². The summed E-state index contributed by atoms with van der Waals surface area (Å²) in [5.74, 6) is 0. The Hall–Kier alpha value is -3.41. The molecule has 2 amide bonds. The first-order valence-electron chi connectivity index (χ1n) is 8.77. The number of amides is 2. The maximum absolute atomic E-state index is 11.9. The number of benzene rings is 2. The first-order valence-corrected chi connectivity index (χ1v) is 8.77. The van der Waals surface area contributed by atoms with Crippen LogP contribution in [0.15, 0.2) is 59.7 Å². The van der Waals surface area contributed by atoms with Gasteiger partial charge in [0, 0.05) is 16.9 Å². The van der Waals surface area contributed by atoms with E-state index >= 15 is 0 Å². The largest absolute Gasteiger partial charge is 0.339 e. The van der Waals surface area contributed by atoms with Crippen LogP contribution in [0.3, 0.4) is 0 Å². The highest BCUT2D eigenvalue weighted by Crippen LogP contribution is 2.13. The van der Waals surface area contributed by atoms with Gasteiger partial charge >= 0.3 is 6.03 Å². The van der Waals surface area contributed by atoms with Crippen molar-refractivity contribution in [3.63, 3.8) is 0 Å². The highest BCUT2D eigenvalue weighted by atomic mass is 16.2. The van der Waals surface area contributed by atoms with Gasteiger partial charge in [0.25, 0.3) is 0 Å². The summed E-state index contributed by atoms with van der Waals surface area (Å²) in [7, 11) is 0. The lowest BCUT2D eigenvalue weighted by atomic mass is 10.1. The van der Waals surface area contributed by atoms with Crippen molar-refractivity contribution >= 4 is 17.9 Å². The molecular weight excluding hydrogens is 338 g/mol. The lowest BCUT2D eigenvalue weighted by Gasteiger charge is -2.05. The number of para-hydroxylation sites is 1. The molecule has 6 heteroatoms. The van der Waals surface area contributed by atoms with Crippen LogP contribution in [-0.4, -0.2) is 22.0 Å². The minimum absolute atomic E-state index is 0.389. The van der Waals surface area contributed by atoms with Crippen LogP contribution in [0.1, 0.15) is 28.1 Å². The van der Waals surface area contributed by atoms with E-state index in [4.69, 9.17) is 0 Å². The van der Waals surface area contributed by atoms with Crippen LogP contribution >= 0.6 is 0 Å². The average molecular weight is 361 g/mol. The van der Waals surface area contributed by atoms with Crippen LogP contribution in [0.5, 0.6) is 0 Å². The van der Waals surface area contributed by atoms with Gasteiger partial charge < -0.3 is 5.32 Å². The number of urea groups is 1. The fourth-order valence-electron chi connectivity index (χ4n) is 2.75. The molecule has 2 aromatic carbocycles. The molecule has 0 saturated carbocycles. The SMILES string of the molecule is Cc1ccc(Cn2nc(C)c(/C=N\NC(=O)Nc3ccccc3)c2C)cc1. The second-order valence-electron chi connectivity index (χ2n) is 6.42. The smallest absolute Gasteiger partial charge is 0.307 e. The number of carbonyl (C=O) groups excluding carboxylic acids is 1. The van der Waals surface area contributed by atoms with E-state index < -0.39 is 0 Å². The molecule has 0 fully saturated rings. The van der Waals surface area contributed by atoms with Gasteiger partial charge in [0.05, 0.1) is 18.5 Å². The summed E-state index contributed by atoms with van der Waals surface area (Å²) in [4.78, 5) is 11.9. The number of hydrogen-bond acceptors (Lipinski definition) is 3. The first-order chi connectivity index (χ1) is 13.0. The van der Waals surface area contributed by atoms with Crippen LogP contribution in [0.2, 0.25) is 0 Å². The molecule has 3 aromatic rings. The summed E-state index contributed by atoms with van der Waals surface area (Å²) in [5.41, 5.74) is 8.39. The summed E-state index contributed by atoms with van der Waals surface area (Å²) >= 11 is 0. The average Bonchev–Trinajstić information content (AvgIpc) is 2.92. The fraction of sp³-hybridized carbons (Fsp3) is 0.190. The third kappa shape index (κ3) is 4.82. The number of nitrogens with zero attached hydrogens (tertiary/aromatic N) is 3. The molecule has 27 heavy (non-hydrogen) atoms. The second-order valence-corrected chi connectivity index (χ2v) is 6.42. The lowest BCUT2D eigenvalue weighted by molar-refractivity contribution is 0.252. The summed E-state index contributed by atoms with van der Waals surface area (Å²) in [6.45, 7) is 6.70. The molecule has 138 valence electrons. The van der Waals surface area contributed by atoms with E-state index in [-0.39, 0.29) is 6.03 Å². The number of nitrogens with one attached hydrogen (secondary N) is 2. The molecule has 0 spiro atoms. The first kappa shape index (κ1) is 18.4. The number of carbonyl (C=O) groups is 1. The topological polar surface area (TPSA) is 71.3 Å². The quantitative estimate of drug-likeness (QED) is 0.532. The van der Waals surface area contributed by atoms with Gasteiger partial charge in [-0.15, -0.1) is 0 Å². The van der Waals surface area contributed by atoms with Gasteiger partial charge in [-0.3, -0.25) is 4.68 Å². The molecule has 0 radical (unpaired) electrons. The normalized spacial score (nSPS) is 10.9. The zero-order valence-corrected chi connectivity index (χ0v) is 15.7. The number of anilines is 1. The van der Waals surface area contributed by atoms with E-state index in [0.29, 0.717) is 12.2 Å². The fourth-order valence-corrected chi connectivity index (χ4v) is 2.75.